The number of piperazine rings is 1. The summed E-state index contributed by atoms with van der Waals surface area (Å²) in [5.41, 5.74) is 1.66. The van der Waals surface area contributed by atoms with Gasteiger partial charge in [-0.25, -0.2) is 4.99 Å². The van der Waals surface area contributed by atoms with E-state index in [9.17, 15) is 0 Å². The predicted molar refractivity (Wildman–Crippen MR) is 98.2 cm³/mol. The summed E-state index contributed by atoms with van der Waals surface area (Å²) in [5, 5.41) is 1.31. The highest BCUT2D eigenvalue weighted by Gasteiger charge is 2.25. The molecule has 124 valence electrons. The Kier molecular flexibility index (Phi) is 4.12. The second kappa shape index (κ2) is 6.28. The van der Waals surface area contributed by atoms with Gasteiger partial charge in [-0.15, -0.1) is 0 Å². The van der Waals surface area contributed by atoms with Gasteiger partial charge in [-0.05, 0) is 43.4 Å². The monoisotopic (exact) mass is 361 g/mol. The molecule has 1 saturated heterocycles. The number of amidine groups is 1. The average Bonchev–Trinajstić information content (AvgIpc) is 2.72. The van der Waals surface area contributed by atoms with Crippen molar-refractivity contribution in [3.8, 4) is 11.5 Å². The molecule has 0 aliphatic carbocycles. The Labute approximate surface area is 151 Å². The number of ether oxygens (including phenoxy) is 1. The van der Waals surface area contributed by atoms with Gasteiger partial charge in [0, 0.05) is 36.2 Å². The van der Waals surface area contributed by atoms with Crippen LogP contribution in [0.15, 0.2) is 41.4 Å². The molecule has 0 unspecified atom stereocenters. The third kappa shape index (κ3) is 2.97. The van der Waals surface area contributed by atoms with Crippen LogP contribution in [0.25, 0.3) is 0 Å². The number of likely N-dealkylation sites (N-methyl/N-ethyl adjacent to an activating group) is 1. The lowest BCUT2D eigenvalue weighted by molar-refractivity contribution is 0.215. The Balaban J connectivity index is 1.85. The number of hydrogen-bond donors (Lipinski definition) is 0. The molecule has 2 aliphatic rings. The molecule has 2 aromatic rings. The van der Waals surface area contributed by atoms with Crippen LogP contribution in [0.5, 0.6) is 11.5 Å². The van der Waals surface area contributed by atoms with Crippen molar-refractivity contribution in [3.05, 3.63) is 52.0 Å². The minimum Gasteiger partial charge on any atom is -0.454 e. The molecular formula is C18H17Cl2N3O. The van der Waals surface area contributed by atoms with Crippen LogP contribution in [0.1, 0.15) is 5.56 Å². The Morgan fingerprint density at radius 3 is 2.33 bits per heavy atom. The lowest BCUT2D eigenvalue weighted by Crippen LogP contribution is -2.47. The van der Waals surface area contributed by atoms with Gasteiger partial charge in [-0.3, -0.25) is 0 Å². The standard InChI is InChI=1S/C18H17Cl2N3O/c1-22-6-8-23(9-7-22)18-14-10-12(19)2-4-16(14)24-17-5-3-13(20)11-15(17)21-18/h2-5,10-11H,6-9H2,1H3. The van der Waals surface area contributed by atoms with Gasteiger partial charge in [0.25, 0.3) is 0 Å². The molecule has 4 nitrogen and oxygen atoms in total. The average molecular weight is 362 g/mol. The Hall–Kier alpha value is -1.75. The zero-order chi connectivity index (χ0) is 16.7. The first kappa shape index (κ1) is 15.8. The first-order chi connectivity index (χ1) is 11.6. The summed E-state index contributed by atoms with van der Waals surface area (Å²) in [6.07, 6.45) is 0. The smallest absolute Gasteiger partial charge is 0.153 e. The SMILES string of the molecule is CN1CCN(C2=Nc3cc(Cl)ccc3Oc3ccc(Cl)cc32)CC1. The van der Waals surface area contributed by atoms with Crippen LogP contribution in [-0.4, -0.2) is 48.9 Å². The zero-order valence-corrected chi connectivity index (χ0v) is 14.8. The molecule has 0 saturated carbocycles. The van der Waals surface area contributed by atoms with Crippen LogP contribution in [0.3, 0.4) is 0 Å². The van der Waals surface area contributed by atoms with Crippen LogP contribution >= 0.6 is 23.2 Å². The van der Waals surface area contributed by atoms with E-state index in [1.807, 2.05) is 36.4 Å². The van der Waals surface area contributed by atoms with E-state index < -0.39 is 0 Å². The molecular weight excluding hydrogens is 345 g/mol. The summed E-state index contributed by atoms with van der Waals surface area (Å²) in [4.78, 5) is 9.49. The van der Waals surface area contributed by atoms with Crippen molar-refractivity contribution in [2.24, 2.45) is 4.99 Å². The van der Waals surface area contributed by atoms with Crippen LogP contribution in [-0.2, 0) is 0 Å². The van der Waals surface area contributed by atoms with Crippen molar-refractivity contribution >= 4 is 34.7 Å². The van der Waals surface area contributed by atoms with Gasteiger partial charge in [-0.1, -0.05) is 23.2 Å². The number of nitrogens with zero attached hydrogens (tertiary/aromatic N) is 3. The highest BCUT2D eigenvalue weighted by atomic mass is 35.5. The van der Waals surface area contributed by atoms with Crippen LogP contribution in [0.2, 0.25) is 10.0 Å². The maximum Gasteiger partial charge on any atom is 0.153 e. The van der Waals surface area contributed by atoms with Gasteiger partial charge >= 0.3 is 0 Å². The van der Waals surface area contributed by atoms with Crippen molar-refractivity contribution in [3.63, 3.8) is 0 Å². The van der Waals surface area contributed by atoms with Gasteiger partial charge in [0.15, 0.2) is 5.75 Å². The number of benzene rings is 2. The zero-order valence-electron chi connectivity index (χ0n) is 13.3. The molecule has 4 rings (SSSR count). The Morgan fingerprint density at radius 1 is 0.917 bits per heavy atom. The highest BCUT2D eigenvalue weighted by molar-refractivity contribution is 6.31. The molecule has 0 aromatic heterocycles. The molecule has 0 amide bonds. The van der Waals surface area contributed by atoms with Crippen molar-refractivity contribution in [2.45, 2.75) is 0 Å². The molecule has 2 heterocycles. The van der Waals surface area contributed by atoms with Gasteiger partial charge in [0.1, 0.15) is 17.3 Å². The number of fused-ring (bicyclic) bond motifs is 2. The van der Waals surface area contributed by atoms with Crippen molar-refractivity contribution in [1.82, 2.24) is 9.80 Å². The highest BCUT2D eigenvalue weighted by Crippen LogP contribution is 2.40. The van der Waals surface area contributed by atoms with E-state index in [1.165, 1.54) is 0 Å². The van der Waals surface area contributed by atoms with Crippen molar-refractivity contribution in [1.29, 1.82) is 0 Å². The lowest BCUT2D eigenvalue weighted by Gasteiger charge is -2.34. The molecule has 1 fully saturated rings. The molecule has 0 bridgehead atoms. The van der Waals surface area contributed by atoms with Gasteiger partial charge in [0.2, 0.25) is 0 Å². The first-order valence-electron chi connectivity index (χ1n) is 7.90. The third-order valence-electron chi connectivity index (χ3n) is 4.35. The first-order valence-corrected chi connectivity index (χ1v) is 8.65. The maximum atomic E-state index is 6.24. The number of halogens is 2. The fourth-order valence-electron chi connectivity index (χ4n) is 2.98. The fraction of sp³-hybridized carbons (Fsp3) is 0.278. The lowest BCUT2D eigenvalue weighted by atomic mass is 10.1. The summed E-state index contributed by atoms with van der Waals surface area (Å²) in [6.45, 7) is 3.82. The van der Waals surface area contributed by atoms with Crippen LogP contribution in [0, 0.1) is 0 Å². The molecule has 0 spiro atoms. The second-order valence-electron chi connectivity index (χ2n) is 6.08. The van der Waals surface area contributed by atoms with Crippen LogP contribution in [0.4, 0.5) is 5.69 Å². The van der Waals surface area contributed by atoms with E-state index in [0.29, 0.717) is 15.8 Å². The van der Waals surface area contributed by atoms with E-state index in [1.54, 1.807) is 0 Å². The number of rotatable bonds is 0. The second-order valence-corrected chi connectivity index (χ2v) is 6.95. The summed E-state index contributed by atoms with van der Waals surface area (Å²) in [7, 11) is 2.13. The molecule has 24 heavy (non-hydrogen) atoms. The molecule has 6 heteroatoms. The van der Waals surface area contributed by atoms with E-state index in [4.69, 9.17) is 32.9 Å². The predicted octanol–water partition coefficient (Wildman–Crippen LogP) is 4.42. The normalized spacial score (nSPS) is 17.5. The summed E-state index contributed by atoms with van der Waals surface area (Å²) in [5.74, 6) is 2.35. The third-order valence-corrected chi connectivity index (χ3v) is 4.82. The molecule has 0 radical (unpaired) electrons. The molecule has 0 N–H and O–H groups in total. The Bertz CT molecular complexity index is 814. The van der Waals surface area contributed by atoms with E-state index in [2.05, 4.69) is 16.8 Å². The van der Waals surface area contributed by atoms with Crippen molar-refractivity contribution < 1.29 is 4.74 Å². The number of aliphatic imine (C=N–C) groups is 1. The summed E-state index contributed by atoms with van der Waals surface area (Å²) >= 11 is 12.4. The largest absolute Gasteiger partial charge is 0.454 e. The van der Waals surface area contributed by atoms with E-state index in [-0.39, 0.29) is 0 Å². The van der Waals surface area contributed by atoms with Crippen molar-refractivity contribution in [2.75, 3.05) is 33.2 Å². The van der Waals surface area contributed by atoms with Gasteiger partial charge in [0.05, 0.1) is 5.56 Å². The fourth-order valence-corrected chi connectivity index (χ4v) is 3.32. The minimum atomic E-state index is 0.641. The van der Waals surface area contributed by atoms with Gasteiger partial charge in [-0.2, -0.15) is 0 Å². The van der Waals surface area contributed by atoms with E-state index in [0.717, 1.165) is 49.0 Å². The van der Waals surface area contributed by atoms with Crippen LogP contribution < -0.4 is 4.74 Å². The number of hydrogen-bond acceptors (Lipinski definition) is 4. The molecule has 2 aromatic carbocycles. The summed E-state index contributed by atoms with van der Waals surface area (Å²) < 4.78 is 6.09. The maximum absolute atomic E-state index is 6.24. The minimum absolute atomic E-state index is 0.641. The quantitative estimate of drug-likeness (QED) is 0.694. The van der Waals surface area contributed by atoms with Gasteiger partial charge < -0.3 is 14.5 Å². The molecule has 0 atom stereocenters. The summed E-state index contributed by atoms with van der Waals surface area (Å²) in [6, 6.07) is 11.1. The van der Waals surface area contributed by atoms with E-state index >= 15 is 0 Å². The molecule has 2 aliphatic heterocycles. The topological polar surface area (TPSA) is 28.1 Å². The Morgan fingerprint density at radius 2 is 1.58 bits per heavy atom.